The van der Waals surface area contributed by atoms with Crippen LogP contribution in [0.1, 0.15) is 5.56 Å². The predicted octanol–water partition coefficient (Wildman–Crippen LogP) is 1.63. The molecule has 0 spiro atoms. The van der Waals surface area contributed by atoms with E-state index in [1.165, 1.54) is 3.57 Å². The Bertz CT molecular complexity index is 364. The van der Waals surface area contributed by atoms with Crippen LogP contribution in [0.25, 0.3) is 0 Å². The van der Waals surface area contributed by atoms with Crippen LogP contribution in [-0.4, -0.2) is 18.9 Å². The van der Waals surface area contributed by atoms with Crippen LogP contribution in [0.2, 0.25) is 0 Å². The molecule has 0 amide bonds. The van der Waals surface area contributed by atoms with Gasteiger partial charge in [0.1, 0.15) is 0 Å². The van der Waals surface area contributed by atoms with Crippen LogP contribution in [0.5, 0.6) is 0 Å². The molecule has 0 aliphatic carbocycles. The van der Waals surface area contributed by atoms with Crippen LogP contribution in [0, 0.1) is 15.9 Å². The Morgan fingerprint density at radius 1 is 1.40 bits per heavy atom. The molecule has 1 aromatic carbocycles. The second-order valence-electron chi connectivity index (χ2n) is 3.15. The zero-order chi connectivity index (χ0) is 11.1. The molecule has 1 N–H and O–H groups in total. The molecule has 0 heterocycles. The Hall–Kier alpha value is -0.860. The van der Waals surface area contributed by atoms with E-state index in [0.29, 0.717) is 19.5 Å². The molecule has 1 aromatic rings. The number of ketones is 1. The molecule has 0 radical (unpaired) electrons. The molecule has 0 aliphatic rings. The van der Waals surface area contributed by atoms with Crippen LogP contribution >= 0.6 is 22.6 Å². The summed E-state index contributed by atoms with van der Waals surface area (Å²) in [6, 6.07) is 7.94. The summed E-state index contributed by atoms with van der Waals surface area (Å²) in [5, 5.41) is 2.88. The Morgan fingerprint density at radius 3 is 2.67 bits per heavy atom. The molecular formula is C12H12INO. The summed E-state index contributed by atoms with van der Waals surface area (Å²) in [5.41, 5.74) is 1.04. The number of halogens is 1. The van der Waals surface area contributed by atoms with Crippen LogP contribution < -0.4 is 5.32 Å². The predicted molar refractivity (Wildman–Crippen MR) is 69.6 cm³/mol. The van der Waals surface area contributed by atoms with Gasteiger partial charge in [-0.05, 0) is 40.3 Å². The summed E-state index contributed by atoms with van der Waals surface area (Å²) in [7, 11) is 0. The topological polar surface area (TPSA) is 29.1 Å². The highest BCUT2D eigenvalue weighted by Gasteiger charge is 2.02. The zero-order valence-electron chi connectivity index (χ0n) is 8.29. The second-order valence-corrected chi connectivity index (χ2v) is 4.40. The lowest BCUT2D eigenvalue weighted by Crippen LogP contribution is -2.24. The summed E-state index contributed by atoms with van der Waals surface area (Å²) >= 11 is 2.24. The molecule has 2 nitrogen and oxygen atoms in total. The molecule has 0 saturated carbocycles. The van der Waals surface area contributed by atoms with Gasteiger partial charge in [0.2, 0.25) is 0 Å². The van der Waals surface area contributed by atoms with E-state index in [1.807, 2.05) is 24.3 Å². The first kappa shape index (κ1) is 12.2. The number of Topliss-reactive ketones (excluding diaryl/α,β-unsaturated/α-hetero) is 1. The fraction of sp³-hybridized carbons (Fsp3) is 0.250. The summed E-state index contributed by atoms with van der Waals surface area (Å²) in [6.45, 7) is 0.786. The summed E-state index contributed by atoms with van der Waals surface area (Å²) in [5.74, 6) is 2.59. The minimum Gasteiger partial charge on any atom is -0.299 e. The van der Waals surface area contributed by atoms with Crippen LogP contribution in [-0.2, 0) is 11.2 Å². The second kappa shape index (κ2) is 6.59. The van der Waals surface area contributed by atoms with Gasteiger partial charge in [-0.2, -0.15) is 0 Å². The maximum Gasteiger partial charge on any atom is 0.150 e. The SMILES string of the molecule is C#CCNCC(=O)Cc1ccc(I)cc1. The number of benzene rings is 1. The highest BCUT2D eigenvalue weighted by atomic mass is 127. The zero-order valence-corrected chi connectivity index (χ0v) is 10.5. The van der Waals surface area contributed by atoms with Crippen molar-refractivity contribution in [1.82, 2.24) is 5.32 Å². The van der Waals surface area contributed by atoms with Gasteiger partial charge in [0.15, 0.2) is 5.78 Å². The Balaban J connectivity index is 2.38. The molecule has 0 fully saturated rings. The number of terminal acetylenes is 1. The van der Waals surface area contributed by atoms with Crippen molar-refractivity contribution in [3.63, 3.8) is 0 Å². The Morgan fingerprint density at radius 2 is 2.07 bits per heavy atom. The van der Waals surface area contributed by atoms with Crippen molar-refractivity contribution in [2.24, 2.45) is 0 Å². The lowest BCUT2D eigenvalue weighted by molar-refractivity contribution is -0.117. The number of hydrogen-bond donors (Lipinski definition) is 1. The van der Waals surface area contributed by atoms with Crippen molar-refractivity contribution in [3.05, 3.63) is 33.4 Å². The van der Waals surface area contributed by atoms with Crippen LogP contribution in [0.3, 0.4) is 0 Å². The maximum atomic E-state index is 11.4. The fourth-order valence-electron chi connectivity index (χ4n) is 1.17. The van der Waals surface area contributed by atoms with E-state index in [0.717, 1.165) is 5.56 Å². The van der Waals surface area contributed by atoms with E-state index in [9.17, 15) is 4.79 Å². The van der Waals surface area contributed by atoms with Crippen molar-refractivity contribution in [1.29, 1.82) is 0 Å². The van der Waals surface area contributed by atoms with Gasteiger partial charge in [-0.15, -0.1) is 6.42 Å². The summed E-state index contributed by atoms with van der Waals surface area (Å²) in [4.78, 5) is 11.4. The van der Waals surface area contributed by atoms with Gasteiger partial charge in [-0.25, -0.2) is 0 Å². The van der Waals surface area contributed by atoms with Crippen molar-refractivity contribution in [2.45, 2.75) is 6.42 Å². The van der Waals surface area contributed by atoms with Crippen molar-refractivity contribution < 1.29 is 4.79 Å². The lowest BCUT2D eigenvalue weighted by Gasteiger charge is -2.01. The molecule has 15 heavy (non-hydrogen) atoms. The molecule has 0 aliphatic heterocycles. The molecule has 0 bridgehead atoms. The molecule has 0 aromatic heterocycles. The lowest BCUT2D eigenvalue weighted by atomic mass is 10.1. The standard InChI is InChI=1S/C12H12INO/c1-2-7-14-9-12(15)8-10-3-5-11(13)6-4-10/h1,3-6,14H,7-9H2. The van der Waals surface area contributed by atoms with Crippen molar-refractivity contribution in [2.75, 3.05) is 13.1 Å². The van der Waals surface area contributed by atoms with Crippen molar-refractivity contribution >= 4 is 28.4 Å². The van der Waals surface area contributed by atoms with Gasteiger partial charge >= 0.3 is 0 Å². The van der Waals surface area contributed by atoms with E-state index in [-0.39, 0.29) is 5.78 Å². The molecule has 78 valence electrons. The largest absolute Gasteiger partial charge is 0.299 e. The van der Waals surface area contributed by atoms with E-state index >= 15 is 0 Å². The third-order valence-corrected chi connectivity index (χ3v) is 2.58. The minimum absolute atomic E-state index is 0.159. The van der Waals surface area contributed by atoms with Crippen LogP contribution in [0.15, 0.2) is 24.3 Å². The van der Waals surface area contributed by atoms with E-state index < -0.39 is 0 Å². The van der Waals surface area contributed by atoms with Crippen molar-refractivity contribution in [3.8, 4) is 12.3 Å². The first-order chi connectivity index (χ1) is 7.22. The molecule has 0 saturated heterocycles. The summed E-state index contributed by atoms with van der Waals surface area (Å²) in [6.07, 6.45) is 5.53. The van der Waals surface area contributed by atoms with Gasteiger partial charge < -0.3 is 0 Å². The summed E-state index contributed by atoms with van der Waals surface area (Å²) < 4.78 is 1.18. The number of nitrogens with one attached hydrogen (secondary N) is 1. The van der Waals surface area contributed by atoms with Gasteiger partial charge in [-0.3, -0.25) is 10.1 Å². The normalized spacial score (nSPS) is 9.60. The maximum absolute atomic E-state index is 11.4. The molecule has 0 atom stereocenters. The quantitative estimate of drug-likeness (QED) is 0.508. The van der Waals surface area contributed by atoms with E-state index in [2.05, 4.69) is 33.8 Å². The monoisotopic (exact) mass is 313 g/mol. The Kier molecular flexibility index (Phi) is 5.37. The van der Waals surface area contributed by atoms with E-state index in [1.54, 1.807) is 0 Å². The Labute approximate surface area is 104 Å². The highest BCUT2D eigenvalue weighted by Crippen LogP contribution is 2.07. The van der Waals surface area contributed by atoms with Gasteiger partial charge in [0.05, 0.1) is 13.1 Å². The van der Waals surface area contributed by atoms with Crippen LogP contribution in [0.4, 0.5) is 0 Å². The van der Waals surface area contributed by atoms with Gasteiger partial charge in [0.25, 0.3) is 0 Å². The fourth-order valence-corrected chi connectivity index (χ4v) is 1.53. The number of hydrogen-bond acceptors (Lipinski definition) is 2. The minimum atomic E-state index is 0.159. The third kappa shape index (κ3) is 4.96. The van der Waals surface area contributed by atoms with Gasteiger partial charge in [-0.1, -0.05) is 18.1 Å². The van der Waals surface area contributed by atoms with E-state index in [4.69, 9.17) is 6.42 Å². The number of carbonyl (C=O) groups excluding carboxylic acids is 1. The number of rotatable bonds is 5. The van der Waals surface area contributed by atoms with Gasteiger partial charge in [0, 0.05) is 9.99 Å². The highest BCUT2D eigenvalue weighted by molar-refractivity contribution is 14.1. The average Bonchev–Trinajstić information content (AvgIpc) is 2.22. The first-order valence-electron chi connectivity index (χ1n) is 4.62. The third-order valence-electron chi connectivity index (χ3n) is 1.86. The molecule has 0 unspecified atom stereocenters. The smallest absolute Gasteiger partial charge is 0.150 e. The molecular weight excluding hydrogens is 301 g/mol. The molecule has 3 heteroatoms. The first-order valence-corrected chi connectivity index (χ1v) is 5.70. The average molecular weight is 313 g/mol. The number of carbonyl (C=O) groups is 1. The molecule has 1 rings (SSSR count).